The monoisotopic (exact) mass is 278 g/mol. The highest BCUT2D eigenvalue weighted by Crippen LogP contribution is 2.29. The van der Waals surface area contributed by atoms with Crippen molar-refractivity contribution in [3.63, 3.8) is 0 Å². The molecule has 1 aromatic rings. The normalized spacial score (nSPS) is 22.2. The van der Waals surface area contributed by atoms with Crippen LogP contribution in [0.25, 0.3) is 0 Å². The number of H-pyrrole nitrogens is 1. The van der Waals surface area contributed by atoms with Crippen LogP contribution in [0.5, 0.6) is 0 Å². The van der Waals surface area contributed by atoms with Gasteiger partial charge in [0, 0.05) is 25.0 Å². The number of aliphatic carboxylic acids is 1. The van der Waals surface area contributed by atoms with E-state index in [1.165, 1.54) is 18.5 Å². The van der Waals surface area contributed by atoms with E-state index < -0.39 is 17.8 Å². The maximum atomic E-state index is 11.9. The van der Waals surface area contributed by atoms with Crippen LogP contribution in [-0.2, 0) is 4.79 Å². The van der Waals surface area contributed by atoms with Crippen LogP contribution in [0.3, 0.4) is 0 Å². The van der Waals surface area contributed by atoms with E-state index in [-0.39, 0.29) is 16.9 Å². The number of aromatic amines is 1. The highest BCUT2D eigenvalue weighted by molar-refractivity contribution is 5.93. The van der Waals surface area contributed by atoms with E-state index in [0.717, 1.165) is 19.3 Å². The minimum Gasteiger partial charge on any atom is -0.481 e. The average molecular weight is 278 g/mol. The molecule has 6 nitrogen and oxygen atoms in total. The topological polar surface area (TPSA) is 99.3 Å². The average Bonchev–Trinajstić information content (AvgIpc) is 2.45. The molecule has 20 heavy (non-hydrogen) atoms. The summed E-state index contributed by atoms with van der Waals surface area (Å²) in [5, 5.41) is 11.8. The predicted molar refractivity (Wildman–Crippen MR) is 72.5 cm³/mol. The van der Waals surface area contributed by atoms with E-state index in [9.17, 15) is 14.4 Å². The molecule has 1 fully saturated rings. The lowest BCUT2D eigenvalue weighted by Gasteiger charge is -2.28. The number of carbonyl (C=O) groups is 2. The van der Waals surface area contributed by atoms with Crippen LogP contribution in [0.15, 0.2) is 23.3 Å². The summed E-state index contributed by atoms with van der Waals surface area (Å²) in [7, 11) is 0. The lowest BCUT2D eigenvalue weighted by molar-refractivity contribution is -0.144. The van der Waals surface area contributed by atoms with Crippen molar-refractivity contribution < 1.29 is 14.7 Å². The summed E-state index contributed by atoms with van der Waals surface area (Å²) >= 11 is 0. The molecule has 1 aromatic heterocycles. The lowest BCUT2D eigenvalue weighted by atomic mass is 9.79. The molecule has 2 unspecified atom stereocenters. The Bertz CT molecular complexity index is 552. The van der Waals surface area contributed by atoms with Gasteiger partial charge in [-0.3, -0.25) is 14.4 Å². The van der Waals surface area contributed by atoms with Crippen molar-refractivity contribution in [2.75, 3.05) is 6.54 Å². The second-order valence-corrected chi connectivity index (χ2v) is 5.12. The molecule has 2 rings (SSSR count). The first-order valence-electron chi connectivity index (χ1n) is 6.77. The van der Waals surface area contributed by atoms with Crippen molar-refractivity contribution in [3.05, 3.63) is 34.2 Å². The number of hydrogen-bond acceptors (Lipinski definition) is 3. The van der Waals surface area contributed by atoms with E-state index >= 15 is 0 Å². The van der Waals surface area contributed by atoms with Crippen molar-refractivity contribution in [3.8, 4) is 0 Å². The summed E-state index contributed by atoms with van der Waals surface area (Å²) < 4.78 is 0. The first-order chi connectivity index (χ1) is 9.59. The summed E-state index contributed by atoms with van der Waals surface area (Å²) in [5.41, 5.74) is -0.296. The summed E-state index contributed by atoms with van der Waals surface area (Å²) in [6.45, 7) is 0.296. The number of aromatic nitrogens is 1. The van der Waals surface area contributed by atoms with Crippen molar-refractivity contribution in [1.29, 1.82) is 0 Å². The number of carbonyl (C=O) groups excluding carboxylic acids is 1. The van der Waals surface area contributed by atoms with Gasteiger partial charge in [0.2, 0.25) is 0 Å². The quantitative estimate of drug-likeness (QED) is 0.765. The summed E-state index contributed by atoms with van der Waals surface area (Å²) in [5.74, 6) is -1.73. The first-order valence-corrected chi connectivity index (χ1v) is 6.77. The van der Waals surface area contributed by atoms with Gasteiger partial charge in [-0.25, -0.2) is 0 Å². The molecule has 1 heterocycles. The maximum Gasteiger partial charge on any atom is 0.306 e. The number of pyridine rings is 1. The van der Waals surface area contributed by atoms with Gasteiger partial charge in [-0.1, -0.05) is 12.8 Å². The molecule has 1 aliphatic rings. The van der Waals surface area contributed by atoms with Crippen LogP contribution >= 0.6 is 0 Å². The Labute approximate surface area is 116 Å². The zero-order chi connectivity index (χ0) is 14.5. The number of nitrogens with one attached hydrogen (secondary N) is 2. The van der Waals surface area contributed by atoms with Gasteiger partial charge in [-0.05, 0) is 18.8 Å². The van der Waals surface area contributed by atoms with E-state index in [2.05, 4.69) is 10.3 Å². The Balaban J connectivity index is 1.97. The minimum atomic E-state index is -0.804. The zero-order valence-corrected chi connectivity index (χ0v) is 11.1. The molecule has 0 saturated heterocycles. The largest absolute Gasteiger partial charge is 0.481 e. The van der Waals surface area contributed by atoms with Crippen LogP contribution in [0, 0.1) is 11.8 Å². The summed E-state index contributed by atoms with van der Waals surface area (Å²) in [6.07, 6.45) is 6.16. The Morgan fingerprint density at radius 1 is 1.35 bits per heavy atom. The number of rotatable bonds is 4. The maximum absolute atomic E-state index is 11.9. The van der Waals surface area contributed by atoms with Crippen LogP contribution in [0.1, 0.15) is 36.0 Å². The SMILES string of the molecule is O=C(NCC1CCCCC1C(=O)O)c1c[nH]ccc1=O. The molecule has 1 aliphatic carbocycles. The van der Waals surface area contributed by atoms with Crippen LogP contribution < -0.4 is 10.7 Å². The van der Waals surface area contributed by atoms with Gasteiger partial charge < -0.3 is 15.4 Å². The third-order valence-electron chi connectivity index (χ3n) is 3.82. The second-order valence-electron chi connectivity index (χ2n) is 5.12. The van der Waals surface area contributed by atoms with Gasteiger partial charge in [0.15, 0.2) is 5.43 Å². The highest BCUT2D eigenvalue weighted by atomic mass is 16.4. The molecule has 0 bridgehead atoms. The third kappa shape index (κ3) is 3.26. The van der Waals surface area contributed by atoms with Crippen molar-refractivity contribution in [1.82, 2.24) is 10.3 Å². The van der Waals surface area contributed by atoms with Crippen LogP contribution in [0.2, 0.25) is 0 Å². The summed E-state index contributed by atoms with van der Waals surface area (Å²) in [6, 6.07) is 1.29. The molecule has 0 spiro atoms. The van der Waals surface area contributed by atoms with Gasteiger partial charge in [0.05, 0.1) is 5.92 Å². The number of carboxylic acid groups (broad SMARTS) is 1. The zero-order valence-electron chi connectivity index (χ0n) is 11.1. The molecule has 3 N–H and O–H groups in total. The Morgan fingerprint density at radius 3 is 2.80 bits per heavy atom. The third-order valence-corrected chi connectivity index (χ3v) is 3.82. The molecule has 0 aliphatic heterocycles. The molecule has 0 aromatic carbocycles. The van der Waals surface area contributed by atoms with Crippen LogP contribution in [-0.4, -0.2) is 28.5 Å². The van der Waals surface area contributed by atoms with Crippen molar-refractivity contribution in [2.24, 2.45) is 11.8 Å². The van der Waals surface area contributed by atoms with Gasteiger partial charge in [-0.15, -0.1) is 0 Å². The fourth-order valence-corrected chi connectivity index (χ4v) is 2.69. The van der Waals surface area contributed by atoms with Gasteiger partial charge in [0.25, 0.3) is 5.91 Å². The standard InChI is InChI=1S/C14H18N2O4/c17-12-5-6-15-8-11(12)13(18)16-7-9-3-1-2-4-10(9)14(19)20/h5-6,8-10H,1-4,7H2,(H,15,17)(H,16,18)(H,19,20). The second kappa shape index (κ2) is 6.36. The van der Waals surface area contributed by atoms with E-state index in [4.69, 9.17) is 5.11 Å². The number of hydrogen-bond donors (Lipinski definition) is 3. The highest BCUT2D eigenvalue weighted by Gasteiger charge is 2.30. The van der Waals surface area contributed by atoms with Crippen molar-refractivity contribution in [2.45, 2.75) is 25.7 Å². The minimum absolute atomic E-state index is 0.0511. The lowest BCUT2D eigenvalue weighted by Crippen LogP contribution is -2.38. The van der Waals surface area contributed by atoms with E-state index in [0.29, 0.717) is 13.0 Å². The van der Waals surface area contributed by atoms with Gasteiger partial charge >= 0.3 is 5.97 Å². The molecule has 108 valence electrons. The Kier molecular flexibility index (Phi) is 4.55. The Hall–Kier alpha value is -2.11. The van der Waals surface area contributed by atoms with Crippen molar-refractivity contribution >= 4 is 11.9 Å². The smallest absolute Gasteiger partial charge is 0.306 e. The number of carboxylic acids is 1. The van der Waals surface area contributed by atoms with Gasteiger partial charge in [0.1, 0.15) is 5.56 Å². The molecule has 6 heteroatoms. The Morgan fingerprint density at radius 2 is 2.10 bits per heavy atom. The number of amides is 1. The molecule has 1 amide bonds. The fraction of sp³-hybridized carbons (Fsp3) is 0.500. The summed E-state index contributed by atoms with van der Waals surface area (Å²) in [4.78, 5) is 37.3. The fourth-order valence-electron chi connectivity index (χ4n) is 2.69. The van der Waals surface area contributed by atoms with E-state index in [1.54, 1.807) is 0 Å². The molecule has 1 saturated carbocycles. The molecular weight excluding hydrogens is 260 g/mol. The van der Waals surface area contributed by atoms with Crippen LogP contribution in [0.4, 0.5) is 0 Å². The van der Waals surface area contributed by atoms with E-state index in [1.807, 2.05) is 0 Å². The predicted octanol–water partition coefficient (Wildman–Crippen LogP) is 0.996. The van der Waals surface area contributed by atoms with Gasteiger partial charge in [-0.2, -0.15) is 0 Å². The molecular formula is C14H18N2O4. The first kappa shape index (κ1) is 14.3. The molecule has 0 radical (unpaired) electrons. The molecule has 2 atom stereocenters.